The second kappa shape index (κ2) is 8.59. The van der Waals surface area contributed by atoms with Crippen LogP contribution >= 0.6 is 23.8 Å². The van der Waals surface area contributed by atoms with Gasteiger partial charge in [-0.3, -0.25) is 14.9 Å². The van der Waals surface area contributed by atoms with Crippen LogP contribution in [0, 0.1) is 5.82 Å². The number of halogens is 2. The van der Waals surface area contributed by atoms with E-state index < -0.39 is 17.6 Å². The van der Waals surface area contributed by atoms with Crippen molar-refractivity contribution < 1.29 is 23.5 Å². The summed E-state index contributed by atoms with van der Waals surface area (Å²) in [7, 11) is 1.45. The summed E-state index contributed by atoms with van der Waals surface area (Å²) < 4.78 is 25.0. The first kappa shape index (κ1) is 20.8. The number of carbonyl (C=O) groups excluding carboxylic acids is 2. The first-order chi connectivity index (χ1) is 13.9. The van der Waals surface area contributed by atoms with Crippen LogP contribution in [0.1, 0.15) is 12.5 Å². The number of hydrogen-bond acceptors (Lipinski definition) is 5. The van der Waals surface area contributed by atoms with Crippen molar-refractivity contribution in [1.29, 1.82) is 0 Å². The third kappa shape index (κ3) is 4.08. The Morgan fingerprint density at radius 3 is 2.66 bits per heavy atom. The number of nitrogens with one attached hydrogen (secondary N) is 1. The lowest BCUT2D eigenvalue weighted by Crippen LogP contribution is -2.54. The van der Waals surface area contributed by atoms with Gasteiger partial charge in [-0.2, -0.15) is 0 Å². The van der Waals surface area contributed by atoms with Crippen LogP contribution in [0.2, 0.25) is 5.02 Å². The zero-order valence-corrected chi connectivity index (χ0v) is 17.1. The summed E-state index contributed by atoms with van der Waals surface area (Å²) in [6.45, 7) is 2.16. The predicted octanol–water partition coefficient (Wildman–Crippen LogP) is 3.72. The molecule has 2 aromatic rings. The van der Waals surface area contributed by atoms with Gasteiger partial charge < -0.3 is 9.47 Å². The van der Waals surface area contributed by atoms with E-state index in [1.807, 2.05) is 0 Å². The number of ether oxygens (including phenoxy) is 2. The van der Waals surface area contributed by atoms with Gasteiger partial charge in [-0.05, 0) is 55.0 Å². The number of thiocarbonyl (C=S) groups is 1. The van der Waals surface area contributed by atoms with Crippen molar-refractivity contribution in [2.24, 2.45) is 0 Å². The maximum Gasteiger partial charge on any atom is 0.270 e. The number of rotatable bonds is 5. The molecular formula is C20H16ClFN2O4S. The summed E-state index contributed by atoms with van der Waals surface area (Å²) >= 11 is 11.3. The van der Waals surface area contributed by atoms with E-state index in [0.717, 1.165) is 4.90 Å². The molecule has 6 nitrogen and oxygen atoms in total. The summed E-state index contributed by atoms with van der Waals surface area (Å²) in [4.78, 5) is 26.3. The monoisotopic (exact) mass is 434 g/mol. The van der Waals surface area contributed by atoms with Crippen LogP contribution < -0.4 is 19.7 Å². The molecule has 0 saturated carbocycles. The second-order valence-corrected chi connectivity index (χ2v) is 6.67. The van der Waals surface area contributed by atoms with E-state index in [1.165, 1.54) is 37.5 Å². The highest BCUT2D eigenvalue weighted by atomic mass is 35.5. The standard InChI is InChI=1S/C20H16ClFN2O4S/c1-3-28-16-10-11(9-13(21)17(16)27-2)8-12-18(25)23-20(29)24(19(12)26)15-7-5-4-6-14(15)22/h4-10H,3H2,1-2H3,(H,23,25,29)/b12-8+. The van der Waals surface area contributed by atoms with Crippen LogP contribution in [0.25, 0.3) is 6.08 Å². The number of benzene rings is 2. The lowest BCUT2D eigenvalue weighted by atomic mass is 10.1. The third-order valence-corrected chi connectivity index (χ3v) is 4.61. The first-order valence-electron chi connectivity index (χ1n) is 8.53. The van der Waals surface area contributed by atoms with Gasteiger partial charge in [-0.1, -0.05) is 23.7 Å². The number of methoxy groups -OCH3 is 1. The molecule has 1 fully saturated rings. The molecule has 1 N–H and O–H groups in total. The fraction of sp³-hybridized carbons (Fsp3) is 0.150. The van der Waals surface area contributed by atoms with Gasteiger partial charge in [0.25, 0.3) is 11.8 Å². The number of nitrogens with zero attached hydrogens (tertiary/aromatic N) is 1. The molecule has 29 heavy (non-hydrogen) atoms. The number of hydrogen-bond donors (Lipinski definition) is 1. The molecule has 1 heterocycles. The summed E-state index contributed by atoms with van der Waals surface area (Å²) in [5, 5.41) is 2.45. The highest BCUT2D eigenvalue weighted by Gasteiger charge is 2.35. The van der Waals surface area contributed by atoms with Crippen molar-refractivity contribution in [3.63, 3.8) is 0 Å². The minimum atomic E-state index is -0.756. The lowest BCUT2D eigenvalue weighted by Gasteiger charge is -2.29. The molecule has 1 aliphatic rings. The highest BCUT2D eigenvalue weighted by molar-refractivity contribution is 7.80. The zero-order chi connectivity index (χ0) is 21.1. The summed E-state index contributed by atoms with van der Waals surface area (Å²) in [6, 6.07) is 8.75. The van der Waals surface area contributed by atoms with Gasteiger partial charge in [-0.15, -0.1) is 0 Å². The Kier molecular flexibility index (Phi) is 6.14. The van der Waals surface area contributed by atoms with Gasteiger partial charge >= 0.3 is 0 Å². The van der Waals surface area contributed by atoms with Gasteiger partial charge in [0.2, 0.25) is 0 Å². The van der Waals surface area contributed by atoms with Gasteiger partial charge in [-0.25, -0.2) is 9.29 Å². The molecule has 0 atom stereocenters. The molecule has 0 aliphatic carbocycles. The fourth-order valence-electron chi connectivity index (χ4n) is 2.81. The normalized spacial score (nSPS) is 15.5. The molecule has 1 saturated heterocycles. The van der Waals surface area contributed by atoms with E-state index in [-0.39, 0.29) is 21.4 Å². The largest absolute Gasteiger partial charge is 0.491 e. The maximum absolute atomic E-state index is 14.2. The Balaban J connectivity index is 2.06. The zero-order valence-electron chi connectivity index (χ0n) is 15.5. The van der Waals surface area contributed by atoms with Crippen LogP contribution in [0.4, 0.5) is 10.1 Å². The van der Waals surface area contributed by atoms with Crippen molar-refractivity contribution >= 4 is 52.5 Å². The molecule has 2 amide bonds. The van der Waals surface area contributed by atoms with Gasteiger partial charge in [0.1, 0.15) is 11.4 Å². The molecule has 0 bridgehead atoms. The van der Waals surface area contributed by atoms with E-state index in [4.69, 9.17) is 33.3 Å². The van der Waals surface area contributed by atoms with Crippen LogP contribution in [-0.2, 0) is 9.59 Å². The van der Waals surface area contributed by atoms with Crippen molar-refractivity contribution in [1.82, 2.24) is 5.32 Å². The first-order valence-corrected chi connectivity index (χ1v) is 9.32. The molecule has 0 aromatic heterocycles. The average molecular weight is 435 g/mol. The van der Waals surface area contributed by atoms with Crippen LogP contribution in [0.3, 0.4) is 0 Å². The van der Waals surface area contributed by atoms with Crippen molar-refractivity contribution in [3.8, 4) is 11.5 Å². The van der Waals surface area contributed by atoms with Crippen LogP contribution in [0.5, 0.6) is 11.5 Å². The molecule has 2 aromatic carbocycles. The van der Waals surface area contributed by atoms with Crippen LogP contribution in [0.15, 0.2) is 42.0 Å². The van der Waals surface area contributed by atoms with Gasteiger partial charge in [0, 0.05) is 0 Å². The lowest BCUT2D eigenvalue weighted by molar-refractivity contribution is -0.122. The van der Waals surface area contributed by atoms with E-state index >= 15 is 0 Å². The van der Waals surface area contributed by atoms with E-state index in [9.17, 15) is 14.0 Å². The quantitative estimate of drug-likeness (QED) is 0.441. The van der Waals surface area contributed by atoms with E-state index in [1.54, 1.807) is 19.1 Å². The Labute approximate surface area is 176 Å². The molecular weight excluding hydrogens is 419 g/mol. The van der Waals surface area contributed by atoms with Crippen LogP contribution in [-0.4, -0.2) is 30.6 Å². The number of amides is 2. The average Bonchev–Trinajstić information content (AvgIpc) is 2.67. The fourth-order valence-corrected chi connectivity index (χ4v) is 3.38. The topological polar surface area (TPSA) is 67.9 Å². The van der Waals surface area contributed by atoms with Gasteiger partial charge in [0.05, 0.1) is 24.4 Å². The number of anilines is 1. The minimum Gasteiger partial charge on any atom is -0.491 e. The Bertz CT molecular complexity index is 1040. The van der Waals surface area contributed by atoms with E-state index in [0.29, 0.717) is 23.7 Å². The van der Waals surface area contributed by atoms with E-state index in [2.05, 4.69) is 5.32 Å². The van der Waals surface area contributed by atoms with Crippen molar-refractivity contribution in [2.45, 2.75) is 6.92 Å². The van der Waals surface area contributed by atoms with Crippen molar-refractivity contribution in [2.75, 3.05) is 18.6 Å². The Hall–Kier alpha value is -2.97. The number of carbonyl (C=O) groups is 2. The minimum absolute atomic E-state index is 0.0591. The summed E-state index contributed by atoms with van der Waals surface area (Å²) in [5.41, 5.74) is 0.140. The number of para-hydroxylation sites is 1. The molecule has 150 valence electrons. The maximum atomic E-state index is 14.2. The highest BCUT2D eigenvalue weighted by Crippen LogP contribution is 2.37. The third-order valence-electron chi connectivity index (χ3n) is 4.04. The Morgan fingerprint density at radius 2 is 2.00 bits per heavy atom. The molecule has 0 spiro atoms. The molecule has 0 unspecified atom stereocenters. The predicted molar refractivity (Wildman–Crippen MR) is 112 cm³/mol. The summed E-state index contributed by atoms with van der Waals surface area (Å²) in [6.07, 6.45) is 1.33. The molecule has 1 aliphatic heterocycles. The Morgan fingerprint density at radius 1 is 1.28 bits per heavy atom. The summed E-state index contributed by atoms with van der Waals surface area (Å²) in [5.74, 6) is -1.40. The SMILES string of the molecule is CCOc1cc(/C=C2\C(=O)NC(=S)N(c3ccccc3F)C2=O)cc(Cl)c1OC. The smallest absolute Gasteiger partial charge is 0.270 e. The van der Waals surface area contributed by atoms with Crippen molar-refractivity contribution in [3.05, 3.63) is 58.4 Å². The molecule has 0 radical (unpaired) electrons. The molecule has 3 rings (SSSR count). The second-order valence-electron chi connectivity index (χ2n) is 5.88. The molecule has 9 heteroatoms. The van der Waals surface area contributed by atoms with Gasteiger partial charge in [0.15, 0.2) is 16.6 Å².